The predicted molar refractivity (Wildman–Crippen MR) is 149 cm³/mol. The third kappa shape index (κ3) is 6.02. The van der Waals surface area contributed by atoms with Gasteiger partial charge in [-0.05, 0) is 72.6 Å². The maximum atomic E-state index is 13.3. The number of anilines is 5. The van der Waals surface area contributed by atoms with Crippen molar-refractivity contribution in [1.82, 2.24) is 15.0 Å². The first-order valence-corrected chi connectivity index (χ1v) is 12.8. The van der Waals surface area contributed by atoms with Crippen LogP contribution in [0.3, 0.4) is 0 Å². The highest BCUT2D eigenvalue weighted by atomic mass is 32.1. The molecule has 5 aromatic rings. The Morgan fingerprint density at radius 1 is 0.919 bits per heavy atom. The summed E-state index contributed by atoms with van der Waals surface area (Å²) in [5, 5.41) is 13.5. The Morgan fingerprint density at radius 2 is 1.73 bits per heavy atom. The molecule has 3 heterocycles. The Bertz CT molecular complexity index is 1460. The van der Waals surface area contributed by atoms with E-state index in [0.29, 0.717) is 17.5 Å². The van der Waals surface area contributed by atoms with Crippen LogP contribution in [-0.4, -0.2) is 46.8 Å². The second-order valence-electron chi connectivity index (χ2n) is 8.52. The smallest absolute Gasteiger partial charge is 0.190 e. The van der Waals surface area contributed by atoms with E-state index in [2.05, 4.69) is 32.3 Å². The summed E-state index contributed by atoms with van der Waals surface area (Å²) in [7, 11) is 1.90. The highest BCUT2D eigenvalue weighted by molar-refractivity contribution is 7.21. The number of hydrogen-bond acceptors (Lipinski definition) is 8. The Hall–Kier alpha value is -4.08. The van der Waals surface area contributed by atoms with Crippen molar-refractivity contribution < 1.29 is 9.50 Å². The zero-order valence-electron chi connectivity index (χ0n) is 20.4. The molecular formula is C28H27FN6OS. The number of halogens is 1. The van der Waals surface area contributed by atoms with Crippen molar-refractivity contribution in [3.8, 4) is 0 Å². The van der Waals surface area contributed by atoms with Crippen LogP contribution in [-0.2, 0) is 6.42 Å². The Kier molecular flexibility index (Phi) is 7.53. The van der Waals surface area contributed by atoms with Gasteiger partial charge in [0, 0.05) is 37.7 Å². The molecule has 5 rings (SSSR count). The van der Waals surface area contributed by atoms with E-state index in [1.165, 1.54) is 23.5 Å². The van der Waals surface area contributed by atoms with Crippen LogP contribution in [0, 0.1) is 5.82 Å². The topological polar surface area (TPSA) is 77.4 Å². The zero-order valence-corrected chi connectivity index (χ0v) is 21.2. The van der Waals surface area contributed by atoms with E-state index in [1.807, 2.05) is 54.4 Å². The average Bonchev–Trinajstić information content (AvgIpc) is 3.33. The molecule has 0 aliphatic rings. The standard InChI is InChI=1S/C28H27FN6OS/c1-34(22-9-7-21(29)8-10-22)26-12-11-24-27(33-26)37-28(31-24)32-25-19-20(13-15-30-25)14-16-35(17-18-36)23-5-3-2-4-6-23/h2-13,15,19,36H,14,16-18H2,1H3,(H,30,31,32). The van der Waals surface area contributed by atoms with Crippen molar-refractivity contribution in [3.05, 3.63) is 96.4 Å². The summed E-state index contributed by atoms with van der Waals surface area (Å²) in [5.41, 5.74) is 3.87. The van der Waals surface area contributed by atoms with Crippen molar-refractivity contribution in [1.29, 1.82) is 0 Å². The number of thiazole rings is 1. The average molecular weight is 515 g/mol. The lowest BCUT2D eigenvalue weighted by molar-refractivity contribution is 0.302. The highest BCUT2D eigenvalue weighted by Crippen LogP contribution is 2.30. The van der Waals surface area contributed by atoms with Crippen LogP contribution in [0.4, 0.5) is 32.5 Å². The molecule has 0 aliphatic heterocycles. The van der Waals surface area contributed by atoms with Crippen molar-refractivity contribution in [3.63, 3.8) is 0 Å². The van der Waals surface area contributed by atoms with Crippen LogP contribution in [0.1, 0.15) is 5.56 Å². The van der Waals surface area contributed by atoms with Gasteiger partial charge < -0.3 is 20.2 Å². The van der Waals surface area contributed by atoms with Gasteiger partial charge in [-0.15, -0.1) is 0 Å². The molecule has 0 atom stereocenters. The number of nitrogens with one attached hydrogen (secondary N) is 1. The Labute approximate surface area is 218 Å². The molecule has 9 heteroatoms. The number of aromatic nitrogens is 3. The highest BCUT2D eigenvalue weighted by Gasteiger charge is 2.12. The summed E-state index contributed by atoms with van der Waals surface area (Å²) >= 11 is 1.45. The molecule has 0 spiro atoms. The molecule has 0 radical (unpaired) electrons. The van der Waals surface area contributed by atoms with Gasteiger partial charge in [0.05, 0.1) is 6.61 Å². The molecule has 2 aromatic carbocycles. The van der Waals surface area contributed by atoms with E-state index in [9.17, 15) is 9.50 Å². The summed E-state index contributed by atoms with van der Waals surface area (Å²) in [6.45, 7) is 1.46. The number of hydrogen-bond donors (Lipinski definition) is 2. The van der Waals surface area contributed by atoms with E-state index in [0.717, 1.165) is 46.1 Å². The van der Waals surface area contributed by atoms with Crippen LogP contribution >= 0.6 is 11.3 Å². The number of benzene rings is 2. The number of nitrogens with zero attached hydrogens (tertiary/aromatic N) is 5. The van der Waals surface area contributed by atoms with Gasteiger partial charge in [0.15, 0.2) is 5.13 Å². The van der Waals surface area contributed by atoms with Gasteiger partial charge in [0.1, 0.15) is 27.8 Å². The number of rotatable bonds is 10. The number of aliphatic hydroxyl groups is 1. The van der Waals surface area contributed by atoms with Gasteiger partial charge in [-0.1, -0.05) is 29.5 Å². The molecule has 3 aromatic heterocycles. The molecular weight excluding hydrogens is 487 g/mol. The minimum atomic E-state index is -0.268. The molecule has 0 saturated carbocycles. The molecule has 0 unspecified atom stereocenters. The van der Waals surface area contributed by atoms with Gasteiger partial charge in [0.25, 0.3) is 0 Å². The van der Waals surface area contributed by atoms with Crippen LogP contribution in [0.5, 0.6) is 0 Å². The molecule has 0 bridgehead atoms. The Balaban J connectivity index is 1.27. The fraction of sp³-hybridized carbons (Fsp3) is 0.179. The van der Waals surface area contributed by atoms with E-state index in [4.69, 9.17) is 4.98 Å². The Morgan fingerprint density at radius 3 is 2.51 bits per heavy atom. The van der Waals surface area contributed by atoms with Crippen molar-refractivity contribution in [2.24, 2.45) is 0 Å². The zero-order chi connectivity index (χ0) is 25.6. The van der Waals surface area contributed by atoms with Crippen molar-refractivity contribution in [2.75, 3.05) is 41.9 Å². The van der Waals surface area contributed by atoms with Crippen molar-refractivity contribution in [2.45, 2.75) is 6.42 Å². The fourth-order valence-electron chi connectivity index (χ4n) is 4.05. The van der Waals surface area contributed by atoms with Crippen LogP contribution in [0.15, 0.2) is 85.1 Å². The first-order chi connectivity index (χ1) is 18.1. The lowest BCUT2D eigenvalue weighted by Crippen LogP contribution is -2.28. The molecule has 0 fully saturated rings. The molecule has 0 amide bonds. The fourth-order valence-corrected chi connectivity index (χ4v) is 4.89. The second kappa shape index (κ2) is 11.3. The maximum Gasteiger partial charge on any atom is 0.190 e. The van der Waals surface area contributed by atoms with Gasteiger partial charge in [-0.25, -0.2) is 19.3 Å². The van der Waals surface area contributed by atoms with Gasteiger partial charge in [-0.2, -0.15) is 0 Å². The monoisotopic (exact) mass is 514 g/mol. The van der Waals surface area contributed by atoms with Crippen LogP contribution in [0.25, 0.3) is 10.3 Å². The third-order valence-corrected chi connectivity index (χ3v) is 6.90. The first kappa shape index (κ1) is 24.6. The molecule has 0 aliphatic carbocycles. The molecule has 188 valence electrons. The van der Waals surface area contributed by atoms with Gasteiger partial charge >= 0.3 is 0 Å². The lowest BCUT2D eigenvalue weighted by atomic mass is 10.1. The van der Waals surface area contributed by atoms with Crippen molar-refractivity contribution >= 4 is 49.8 Å². The molecule has 7 nitrogen and oxygen atoms in total. The predicted octanol–water partition coefficient (Wildman–Crippen LogP) is 5.78. The van der Waals surface area contributed by atoms with Crippen LogP contribution in [0.2, 0.25) is 0 Å². The van der Waals surface area contributed by atoms with E-state index in [1.54, 1.807) is 18.3 Å². The summed E-state index contributed by atoms with van der Waals surface area (Å²) < 4.78 is 13.3. The molecule has 37 heavy (non-hydrogen) atoms. The number of aliphatic hydroxyl groups excluding tert-OH is 1. The summed E-state index contributed by atoms with van der Waals surface area (Å²) in [6, 6.07) is 24.3. The largest absolute Gasteiger partial charge is 0.395 e. The minimum absolute atomic E-state index is 0.102. The van der Waals surface area contributed by atoms with Crippen LogP contribution < -0.4 is 15.1 Å². The second-order valence-corrected chi connectivity index (χ2v) is 9.50. The normalized spacial score (nSPS) is 11.0. The molecule has 0 saturated heterocycles. The van der Waals surface area contributed by atoms with Gasteiger partial charge in [-0.3, -0.25) is 0 Å². The maximum absolute atomic E-state index is 13.3. The summed E-state index contributed by atoms with van der Waals surface area (Å²) in [5.74, 6) is 1.20. The number of fused-ring (bicyclic) bond motifs is 1. The minimum Gasteiger partial charge on any atom is -0.395 e. The summed E-state index contributed by atoms with van der Waals surface area (Å²) in [4.78, 5) is 18.8. The molecule has 2 N–H and O–H groups in total. The van der Waals surface area contributed by atoms with Gasteiger partial charge in [0.2, 0.25) is 0 Å². The van der Waals surface area contributed by atoms with E-state index in [-0.39, 0.29) is 12.4 Å². The lowest BCUT2D eigenvalue weighted by Gasteiger charge is -2.24. The quantitative estimate of drug-likeness (QED) is 0.245. The number of para-hydroxylation sites is 1. The number of pyridine rings is 2. The van der Waals surface area contributed by atoms with E-state index < -0.39 is 0 Å². The first-order valence-electron chi connectivity index (χ1n) is 12.0. The van der Waals surface area contributed by atoms with E-state index >= 15 is 0 Å². The summed E-state index contributed by atoms with van der Waals surface area (Å²) in [6.07, 6.45) is 2.60. The third-order valence-electron chi connectivity index (χ3n) is 6.02. The SMILES string of the molecule is CN(c1ccc(F)cc1)c1ccc2nc(Nc3cc(CCN(CCO)c4ccccc4)ccn3)sc2n1.